The SMILES string of the molecule is CCCc1nnsc1C(O)c1c(OC)cnn1CC. The van der Waals surface area contributed by atoms with Crippen molar-refractivity contribution in [3.05, 3.63) is 22.5 Å². The Balaban J connectivity index is 2.40. The van der Waals surface area contributed by atoms with Crippen molar-refractivity contribution in [3.8, 4) is 5.75 Å². The van der Waals surface area contributed by atoms with E-state index in [1.165, 1.54) is 11.5 Å². The lowest BCUT2D eigenvalue weighted by Gasteiger charge is -2.13. The third-order valence-corrected chi connectivity index (χ3v) is 3.76. The van der Waals surface area contributed by atoms with Crippen LogP contribution < -0.4 is 4.74 Å². The van der Waals surface area contributed by atoms with Crippen LogP contribution in [0.5, 0.6) is 5.75 Å². The van der Waals surface area contributed by atoms with Crippen LogP contribution in [0.4, 0.5) is 0 Å². The van der Waals surface area contributed by atoms with E-state index in [-0.39, 0.29) is 0 Å². The summed E-state index contributed by atoms with van der Waals surface area (Å²) in [6, 6.07) is 0. The van der Waals surface area contributed by atoms with Crippen molar-refractivity contribution in [2.75, 3.05) is 7.11 Å². The fourth-order valence-electron chi connectivity index (χ4n) is 2.02. The van der Waals surface area contributed by atoms with Gasteiger partial charge < -0.3 is 9.84 Å². The predicted octanol–water partition coefficient (Wildman–Crippen LogP) is 1.80. The molecule has 104 valence electrons. The highest BCUT2D eigenvalue weighted by molar-refractivity contribution is 7.05. The molecule has 0 spiro atoms. The summed E-state index contributed by atoms with van der Waals surface area (Å²) >= 11 is 1.23. The Labute approximate surface area is 116 Å². The summed E-state index contributed by atoms with van der Waals surface area (Å²) in [5.74, 6) is 0.588. The van der Waals surface area contributed by atoms with E-state index in [1.807, 2.05) is 6.92 Å². The second-order valence-electron chi connectivity index (χ2n) is 4.15. The van der Waals surface area contributed by atoms with Crippen LogP contribution in [-0.4, -0.2) is 31.6 Å². The first-order valence-corrected chi connectivity index (χ1v) is 7.09. The van der Waals surface area contributed by atoms with Crippen LogP contribution in [0.2, 0.25) is 0 Å². The molecule has 1 N–H and O–H groups in total. The first-order valence-electron chi connectivity index (χ1n) is 6.31. The minimum atomic E-state index is -0.793. The van der Waals surface area contributed by atoms with Gasteiger partial charge in [-0.25, -0.2) is 0 Å². The molecule has 2 aromatic rings. The highest BCUT2D eigenvalue weighted by atomic mass is 32.1. The first kappa shape index (κ1) is 14.0. The first-order chi connectivity index (χ1) is 9.22. The van der Waals surface area contributed by atoms with Crippen LogP contribution in [0.3, 0.4) is 0 Å². The normalized spacial score (nSPS) is 12.6. The van der Waals surface area contributed by atoms with Gasteiger partial charge in [0.05, 0.1) is 23.9 Å². The van der Waals surface area contributed by atoms with Gasteiger partial charge in [0.2, 0.25) is 0 Å². The number of aliphatic hydroxyl groups is 1. The third kappa shape index (κ3) is 2.62. The fourth-order valence-corrected chi connectivity index (χ4v) is 2.71. The van der Waals surface area contributed by atoms with Gasteiger partial charge in [0, 0.05) is 6.54 Å². The molecule has 2 aromatic heterocycles. The maximum Gasteiger partial charge on any atom is 0.163 e. The number of nitrogens with zero attached hydrogens (tertiary/aromatic N) is 4. The molecule has 0 amide bonds. The summed E-state index contributed by atoms with van der Waals surface area (Å²) in [5.41, 5.74) is 1.51. The maximum absolute atomic E-state index is 10.6. The van der Waals surface area contributed by atoms with E-state index in [0.717, 1.165) is 23.4 Å². The molecule has 6 nitrogen and oxygen atoms in total. The van der Waals surface area contributed by atoms with Gasteiger partial charge in [0.1, 0.15) is 11.8 Å². The van der Waals surface area contributed by atoms with Gasteiger partial charge in [-0.15, -0.1) is 5.10 Å². The monoisotopic (exact) mass is 282 g/mol. The zero-order chi connectivity index (χ0) is 13.8. The Morgan fingerprint density at radius 3 is 2.89 bits per heavy atom. The number of ether oxygens (including phenoxy) is 1. The Kier molecular flexibility index (Phi) is 4.49. The van der Waals surface area contributed by atoms with Gasteiger partial charge in [-0.05, 0) is 24.9 Å². The van der Waals surface area contributed by atoms with Crippen LogP contribution in [0.25, 0.3) is 0 Å². The molecule has 0 bridgehead atoms. The van der Waals surface area contributed by atoms with Gasteiger partial charge >= 0.3 is 0 Å². The topological polar surface area (TPSA) is 73.1 Å². The molecule has 0 saturated heterocycles. The smallest absolute Gasteiger partial charge is 0.163 e. The molecule has 0 aliphatic carbocycles. The lowest BCUT2D eigenvalue weighted by atomic mass is 10.1. The Morgan fingerprint density at radius 1 is 1.47 bits per heavy atom. The van der Waals surface area contributed by atoms with Gasteiger partial charge in [0.25, 0.3) is 0 Å². The quantitative estimate of drug-likeness (QED) is 0.874. The van der Waals surface area contributed by atoms with Crippen molar-refractivity contribution in [1.82, 2.24) is 19.4 Å². The molecule has 7 heteroatoms. The molecule has 0 aromatic carbocycles. The van der Waals surface area contributed by atoms with Crippen molar-refractivity contribution in [1.29, 1.82) is 0 Å². The fraction of sp³-hybridized carbons (Fsp3) is 0.583. The number of rotatable bonds is 6. The Bertz CT molecular complexity index is 516. The Hall–Kier alpha value is -1.47. The van der Waals surface area contributed by atoms with Crippen molar-refractivity contribution in [3.63, 3.8) is 0 Å². The van der Waals surface area contributed by atoms with Crippen LogP contribution in [0.1, 0.15) is 42.6 Å². The molecule has 0 saturated carbocycles. The molecule has 2 rings (SSSR count). The molecular formula is C12H18N4O2S. The number of aryl methyl sites for hydroxylation is 2. The van der Waals surface area contributed by atoms with E-state index in [0.29, 0.717) is 18.0 Å². The van der Waals surface area contributed by atoms with E-state index in [1.54, 1.807) is 18.0 Å². The molecule has 0 aliphatic heterocycles. The van der Waals surface area contributed by atoms with Crippen molar-refractivity contribution in [2.24, 2.45) is 0 Å². The van der Waals surface area contributed by atoms with E-state index in [9.17, 15) is 5.11 Å². The summed E-state index contributed by atoms with van der Waals surface area (Å²) in [5, 5.41) is 18.9. The van der Waals surface area contributed by atoms with E-state index in [4.69, 9.17) is 4.74 Å². The number of methoxy groups -OCH3 is 1. The van der Waals surface area contributed by atoms with Crippen molar-refractivity contribution < 1.29 is 9.84 Å². The minimum Gasteiger partial charge on any atom is -0.493 e. The van der Waals surface area contributed by atoms with Crippen molar-refractivity contribution in [2.45, 2.75) is 39.3 Å². The maximum atomic E-state index is 10.6. The molecule has 2 heterocycles. The predicted molar refractivity (Wildman–Crippen MR) is 72.4 cm³/mol. The zero-order valence-electron chi connectivity index (χ0n) is 11.3. The second-order valence-corrected chi connectivity index (χ2v) is 4.94. The van der Waals surface area contributed by atoms with Gasteiger partial charge in [-0.2, -0.15) is 5.10 Å². The lowest BCUT2D eigenvalue weighted by molar-refractivity contribution is 0.205. The third-order valence-electron chi connectivity index (χ3n) is 2.94. The molecule has 0 radical (unpaired) electrons. The largest absolute Gasteiger partial charge is 0.493 e. The summed E-state index contributed by atoms with van der Waals surface area (Å²) in [6.07, 6.45) is 2.61. The van der Waals surface area contributed by atoms with E-state index < -0.39 is 6.10 Å². The van der Waals surface area contributed by atoms with E-state index in [2.05, 4.69) is 21.6 Å². The number of hydrogen-bond donors (Lipinski definition) is 1. The highest BCUT2D eigenvalue weighted by Gasteiger charge is 2.25. The number of hydrogen-bond acceptors (Lipinski definition) is 6. The summed E-state index contributed by atoms with van der Waals surface area (Å²) < 4.78 is 10.9. The van der Waals surface area contributed by atoms with Gasteiger partial charge in [-0.1, -0.05) is 17.8 Å². The lowest BCUT2D eigenvalue weighted by Crippen LogP contribution is -2.10. The molecule has 0 fully saturated rings. The summed E-state index contributed by atoms with van der Waals surface area (Å²) in [6.45, 7) is 4.72. The van der Waals surface area contributed by atoms with Crippen molar-refractivity contribution >= 4 is 11.5 Å². The zero-order valence-corrected chi connectivity index (χ0v) is 12.1. The van der Waals surface area contributed by atoms with Crippen LogP contribution in [-0.2, 0) is 13.0 Å². The van der Waals surface area contributed by atoms with Crippen LogP contribution in [0.15, 0.2) is 6.20 Å². The Morgan fingerprint density at radius 2 is 2.26 bits per heavy atom. The molecular weight excluding hydrogens is 264 g/mol. The average Bonchev–Trinajstić information content (AvgIpc) is 3.03. The summed E-state index contributed by atoms with van der Waals surface area (Å²) in [7, 11) is 1.57. The molecule has 0 aliphatic rings. The average molecular weight is 282 g/mol. The minimum absolute atomic E-state index is 0.588. The second kappa shape index (κ2) is 6.12. The number of aromatic nitrogens is 4. The number of aliphatic hydroxyl groups excluding tert-OH is 1. The highest BCUT2D eigenvalue weighted by Crippen LogP contribution is 2.33. The standard InChI is InChI=1S/C12H18N4O2S/c1-4-6-8-12(19-15-14-8)11(17)10-9(18-3)7-13-16(10)5-2/h7,11,17H,4-6H2,1-3H3. The molecule has 19 heavy (non-hydrogen) atoms. The van der Waals surface area contributed by atoms with Crippen LogP contribution in [0, 0.1) is 0 Å². The molecule has 1 unspecified atom stereocenters. The summed E-state index contributed by atoms with van der Waals surface area (Å²) in [4.78, 5) is 0.773. The van der Waals surface area contributed by atoms with Gasteiger partial charge in [-0.3, -0.25) is 4.68 Å². The molecule has 1 atom stereocenters. The van der Waals surface area contributed by atoms with Gasteiger partial charge in [0.15, 0.2) is 5.75 Å². The van der Waals surface area contributed by atoms with Crippen LogP contribution >= 0.6 is 11.5 Å². The van der Waals surface area contributed by atoms with E-state index >= 15 is 0 Å².